The van der Waals surface area contributed by atoms with Crippen molar-refractivity contribution in [3.8, 4) is 5.75 Å². The van der Waals surface area contributed by atoms with E-state index in [1.54, 1.807) is 23.9 Å². The molecule has 4 aliphatic rings. The summed E-state index contributed by atoms with van der Waals surface area (Å²) in [6.07, 6.45) is 0.850. The molecule has 8 heteroatoms. The molecule has 3 fully saturated rings. The van der Waals surface area contributed by atoms with Crippen molar-refractivity contribution >= 4 is 46.6 Å². The first kappa shape index (κ1) is 21.8. The third-order valence-electron chi connectivity index (χ3n) is 7.97. The van der Waals surface area contributed by atoms with Gasteiger partial charge in [-0.15, -0.1) is 11.8 Å². The molecular weight excluding hydrogens is 468 g/mol. The minimum absolute atomic E-state index is 0.0668. The van der Waals surface area contributed by atoms with E-state index >= 15 is 0 Å². The fourth-order valence-electron chi connectivity index (χ4n) is 6.85. The number of rotatable bonds is 5. The van der Waals surface area contributed by atoms with Crippen LogP contribution in [-0.2, 0) is 14.4 Å². The van der Waals surface area contributed by atoms with E-state index < -0.39 is 0 Å². The Labute approximate surface area is 206 Å². The zero-order chi connectivity index (χ0) is 23.6. The van der Waals surface area contributed by atoms with Gasteiger partial charge >= 0.3 is 0 Å². The van der Waals surface area contributed by atoms with Crippen molar-refractivity contribution in [3.63, 3.8) is 0 Å². The maximum atomic E-state index is 13.7. The van der Waals surface area contributed by atoms with E-state index in [-0.39, 0.29) is 58.3 Å². The fraction of sp³-hybridized carbons (Fsp3) is 0.346. The Balaban J connectivity index is 1.44. The maximum absolute atomic E-state index is 13.7. The highest BCUT2D eigenvalue weighted by Crippen LogP contribution is 2.69. The van der Waals surface area contributed by atoms with E-state index in [1.807, 2.05) is 49.5 Å². The van der Waals surface area contributed by atoms with Crippen LogP contribution in [0.2, 0.25) is 0 Å². The Hall–Kier alpha value is -2.71. The molecule has 6 nitrogen and oxygen atoms in total. The number of anilines is 1. The molecule has 2 aliphatic carbocycles. The summed E-state index contributed by atoms with van der Waals surface area (Å²) in [5.74, 6) is -0.342. The molecule has 6 rings (SSSR count). The molecule has 2 bridgehead atoms. The second-order valence-electron chi connectivity index (χ2n) is 9.35. The second-order valence-corrected chi connectivity index (χ2v) is 11.4. The smallest absolute Gasteiger partial charge is 0.238 e. The average molecular weight is 493 g/mol. The molecule has 7 atom stereocenters. The number of para-hydroxylation sites is 1. The number of phenols is 1. The lowest BCUT2D eigenvalue weighted by Gasteiger charge is -2.44. The Kier molecular flexibility index (Phi) is 5.26. The summed E-state index contributed by atoms with van der Waals surface area (Å²) in [7, 11) is 1.86. The third-order valence-corrected chi connectivity index (χ3v) is 10.5. The van der Waals surface area contributed by atoms with Gasteiger partial charge in [0.1, 0.15) is 5.75 Å². The number of hydrogen-bond acceptors (Lipinski definition) is 7. The van der Waals surface area contributed by atoms with E-state index in [0.29, 0.717) is 5.69 Å². The van der Waals surface area contributed by atoms with E-state index in [4.69, 9.17) is 0 Å². The molecule has 0 aromatic heterocycles. The number of hydrogen-bond donors (Lipinski definition) is 2. The number of nitrogens with zero attached hydrogens (tertiary/aromatic N) is 1. The highest BCUT2D eigenvalue weighted by atomic mass is 32.2. The van der Waals surface area contributed by atoms with Gasteiger partial charge in [-0.1, -0.05) is 42.1 Å². The summed E-state index contributed by atoms with van der Waals surface area (Å²) in [4.78, 5) is 41.2. The molecule has 2 aliphatic heterocycles. The number of nitrogens with one attached hydrogen (secondary N) is 1. The molecular formula is C26H24N2O4S2. The summed E-state index contributed by atoms with van der Waals surface area (Å²) in [5, 5.41) is 14.3. The lowest BCUT2D eigenvalue weighted by Crippen LogP contribution is -2.43. The van der Waals surface area contributed by atoms with Gasteiger partial charge in [0.2, 0.25) is 11.8 Å². The standard InChI is InChI=1S/C26H24N2O4S2/c1-27-24-23(33-12-29)18(13-7-9-15(30)10-8-13)19-16-11-17(22(19)34-24)21-20(16)25(31)28(26(21)32)14-5-3-2-4-6-14/h2-10,12,16-22,27,30H,11H2,1H3. The van der Waals surface area contributed by atoms with Crippen molar-refractivity contribution < 1.29 is 19.5 Å². The Bertz CT molecular complexity index is 1200. The van der Waals surface area contributed by atoms with Gasteiger partial charge in [0.15, 0.2) is 5.62 Å². The number of aromatic hydroxyl groups is 1. The Morgan fingerprint density at radius 1 is 1.03 bits per heavy atom. The molecule has 2 N–H and O–H groups in total. The number of carbonyl (C=O) groups is 3. The SMILES string of the molecule is CNC1=C(SC=O)C(c2ccc(O)cc2)C2C3CC(C2S1)C1C(=O)N(c2ccccc2)C(=O)C31. The zero-order valence-electron chi connectivity index (χ0n) is 18.5. The summed E-state index contributed by atoms with van der Waals surface area (Å²) < 4.78 is 0. The number of phenolic OH excluding ortho intramolecular Hbond substituents is 1. The molecule has 2 amide bonds. The molecule has 7 unspecified atom stereocenters. The van der Waals surface area contributed by atoms with Crippen LogP contribution in [0.3, 0.4) is 0 Å². The van der Waals surface area contributed by atoms with E-state index in [0.717, 1.165) is 27.5 Å². The summed E-state index contributed by atoms with van der Waals surface area (Å²) >= 11 is 2.90. The quantitative estimate of drug-likeness (QED) is 0.482. The van der Waals surface area contributed by atoms with Crippen LogP contribution in [0.1, 0.15) is 17.9 Å². The lowest BCUT2D eigenvalue weighted by molar-refractivity contribution is -0.123. The normalized spacial score (nSPS) is 33.8. The van der Waals surface area contributed by atoms with Crippen molar-refractivity contribution in [2.75, 3.05) is 11.9 Å². The van der Waals surface area contributed by atoms with Crippen LogP contribution in [0.15, 0.2) is 64.5 Å². The zero-order valence-corrected chi connectivity index (χ0v) is 20.1. The van der Waals surface area contributed by atoms with Gasteiger partial charge in [0, 0.05) is 23.1 Å². The van der Waals surface area contributed by atoms with Crippen LogP contribution >= 0.6 is 23.5 Å². The van der Waals surface area contributed by atoms with Gasteiger partial charge in [-0.25, -0.2) is 0 Å². The molecule has 2 aromatic carbocycles. The van der Waals surface area contributed by atoms with Gasteiger partial charge < -0.3 is 10.4 Å². The molecule has 2 saturated carbocycles. The monoisotopic (exact) mass is 492 g/mol. The summed E-state index contributed by atoms with van der Waals surface area (Å²) in [6, 6.07) is 16.4. The van der Waals surface area contributed by atoms with Crippen molar-refractivity contribution in [3.05, 3.63) is 70.1 Å². The van der Waals surface area contributed by atoms with Crippen LogP contribution in [0.5, 0.6) is 5.75 Å². The highest BCUT2D eigenvalue weighted by Gasteiger charge is 2.69. The number of allylic oxidation sites excluding steroid dienone is 1. The summed E-state index contributed by atoms with van der Waals surface area (Å²) in [6.45, 7) is 0. The van der Waals surface area contributed by atoms with E-state index in [9.17, 15) is 19.5 Å². The van der Waals surface area contributed by atoms with Crippen molar-refractivity contribution in [2.24, 2.45) is 29.6 Å². The predicted octanol–water partition coefficient (Wildman–Crippen LogP) is 3.97. The number of benzene rings is 2. The first-order valence-electron chi connectivity index (χ1n) is 11.5. The first-order chi connectivity index (χ1) is 16.5. The Morgan fingerprint density at radius 3 is 2.35 bits per heavy atom. The Morgan fingerprint density at radius 2 is 1.71 bits per heavy atom. The van der Waals surface area contributed by atoms with E-state index in [2.05, 4.69) is 5.32 Å². The second kappa shape index (κ2) is 8.20. The number of amides is 2. The molecule has 34 heavy (non-hydrogen) atoms. The van der Waals surface area contributed by atoms with Crippen molar-refractivity contribution in [1.82, 2.24) is 5.32 Å². The van der Waals surface area contributed by atoms with Gasteiger partial charge in [-0.05, 0) is 54.0 Å². The van der Waals surface area contributed by atoms with Gasteiger partial charge in [-0.2, -0.15) is 0 Å². The molecule has 174 valence electrons. The fourth-order valence-corrected chi connectivity index (χ4v) is 9.49. The first-order valence-corrected chi connectivity index (χ1v) is 13.2. The number of fused-ring (bicyclic) bond motifs is 8. The van der Waals surface area contributed by atoms with Gasteiger partial charge in [0.25, 0.3) is 0 Å². The minimum atomic E-state index is -0.321. The van der Waals surface area contributed by atoms with Crippen LogP contribution < -0.4 is 10.2 Å². The third kappa shape index (κ3) is 3.01. The molecule has 2 aromatic rings. The molecule has 0 radical (unpaired) electrons. The van der Waals surface area contributed by atoms with Gasteiger partial charge in [-0.3, -0.25) is 19.3 Å². The van der Waals surface area contributed by atoms with Gasteiger partial charge in [0.05, 0.1) is 22.6 Å². The minimum Gasteiger partial charge on any atom is -0.508 e. The topological polar surface area (TPSA) is 86.7 Å². The number of carbonyl (C=O) groups excluding carboxylic acids is 3. The van der Waals surface area contributed by atoms with Crippen molar-refractivity contribution in [1.29, 1.82) is 0 Å². The molecule has 0 spiro atoms. The lowest BCUT2D eigenvalue weighted by atomic mass is 9.68. The van der Waals surface area contributed by atoms with Crippen LogP contribution in [0.25, 0.3) is 0 Å². The summed E-state index contributed by atoms with van der Waals surface area (Å²) in [5.41, 5.74) is 2.52. The van der Waals surface area contributed by atoms with E-state index in [1.165, 1.54) is 16.7 Å². The largest absolute Gasteiger partial charge is 0.508 e. The predicted molar refractivity (Wildman–Crippen MR) is 134 cm³/mol. The molecule has 1 saturated heterocycles. The van der Waals surface area contributed by atoms with Crippen LogP contribution in [0, 0.1) is 29.6 Å². The molecule has 2 heterocycles. The number of thioether (sulfide) groups is 2. The highest BCUT2D eigenvalue weighted by molar-refractivity contribution is 8.16. The number of imide groups is 1. The average Bonchev–Trinajstić information content (AvgIpc) is 3.49. The maximum Gasteiger partial charge on any atom is 0.238 e. The van der Waals surface area contributed by atoms with Crippen LogP contribution in [-0.4, -0.2) is 34.8 Å². The van der Waals surface area contributed by atoms with Crippen LogP contribution in [0.4, 0.5) is 5.69 Å². The van der Waals surface area contributed by atoms with Crippen molar-refractivity contribution in [2.45, 2.75) is 17.6 Å².